The molecule has 2 N–H and O–H groups in total. The molecular weight excluding hydrogens is 404 g/mol. The molecule has 0 spiro atoms. The number of phenolic OH excluding ortho intramolecular Hbond substituents is 1. The standard InChI is InChI=1S/C27H38O5/c1-3-4-6-20-14-16-27(17-24(20)30,32-18(2)28)15-13-19-10-12-23(29)26-22(19)11-9-21-7-5-8-25(21)31-26/h9-12,20-21,24-25,29-30H,3-8,13-17H2,1-2H3/t20-,21+,24+,25-,27-/m0/s1. The van der Waals surface area contributed by atoms with Gasteiger partial charge in [-0.1, -0.05) is 38.0 Å². The van der Waals surface area contributed by atoms with E-state index in [0.717, 1.165) is 62.5 Å². The molecule has 2 saturated carbocycles. The molecule has 0 unspecified atom stereocenters. The lowest BCUT2D eigenvalue weighted by atomic mass is 9.72. The molecule has 4 rings (SSSR count). The van der Waals surface area contributed by atoms with E-state index < -0.39 is 11.7 Å². The van der Waals surface area contributed by atoms with Crippen LogP contribution in [0.2, 0.25) is 0 Å². The Morgan fingerprint density at radius 2 is 2.12 bits per heavy atom. The highest BCUT2D eigenvalue weighted by atomic mass is 16.6. The van der Waals surface area contributed by atoms with Gasteiger partial charge in [-0.05, 0) is 68.9 Å². The molecule has 5 nitrogen and oxygen atoms in total. The third-order valence-corrected chi connectivity index (χ3v) is 7.78. The molecule has 1 aromatic rings. The number of ether oxygens (including phenoxy) is 2. The number of esters is 1. The molecule has 0 aromatic heterocycles. The SMILES string of the molecule is CCCC[C@H]1CC[C@](CCc2ccc(O)c3c2C=C[C@H]2CCC[C@@H]2O3)(OC(C)=O)C[C@H]1O. The number of hydrogen-bond donors (Lipinski definition) is 2. The van der Waals surface area contributed by atoms with Gasteiger partial charge in [0, 0.05) is 24.8 Å². The normalized spacial score (nSPS) is 31.3. The highest BCUT2D eigenvalue weighted by Crippen LogP contribution is 2.44. The molecule has 176 valence electrons. The number of hydrogen-bond acceptors (Lipinski definition) is 5. The smallest absolute Gasteiger partial charge is 0.303 e. The molecule has 0 saturated heterocycles. The first kappa shape index (κ1) is 23.2. The highest BCUT2D eigenvalue weighted by molar-refractivity contribution is 5.67. The second kappa shape index (κ2) is 9.86. The van der Waals surface area contributed by atoms with Crippen molar-refractivity contribution >= 4 is 12.0 Å². The maximum Gasteiger partial charge on any atom is 0.303 e. The maximum absolute atomic E-state index is 12.0. The summed E-state index contributed by atoms with van der Waals surface area (Å²) in [7, 11) is 0. The van der Waals surface area contributed by atoms with E-state index in [0.29, 0.717) is 36.8 Å². The Morgan fingerprint density at radius 1 is 1.28 bits per heavy atom. The fourth-order valence-electron chi connectivity index (χ4n) is 5.98. The number of benzene rings is 1. The molecule has 32 heavy (non-hydrogen) atoms. The van der Waals surface area contributed by atoms with Crippen molar-refractivity contribution in [2.75, 3.05) is 0 Å². The average molecular weight is 443 g/mol. The number of aliphatic hydroxyl groups excluding tert-OH is 1. The van der Waals surface area contributed by atoms with Gasteiger partial charge < -0.3 is 19.7 Å². The third kappa shape index (κ3) is 4.98. The quantitative estimate of drug-likeness (QED) is 0.541. The number of aryl methyl sites for hydroxylation is 1. The zero-order valence-corrected chi connectivity index (χ0v) is 19.5. The van der Waals surface area contributed by atoms with Gasteiger partial charge in [0.1, 0.15) is 11.7 Å². The van der Waals surface area contributed by atoms with Crippen LogP contribution in [0.15, 0.2) is 18.2 Å². The van der Waals surface area contributed by atoms with Crippen molar-refractivity contribution in [1.82, 2.24) is 0 Å². The lowest BCUT2D eigenvalue weighted by Crippen LogP contribution is -2.45. The largest absolute Gasteiger partial charge is 0.504 e. The number of carbonyl (C=O) groups is 1. The average Bonchev–Trinajstić information content (AvgIpc) is 3.11. The van der Waals surface area contributed by atoms with Crippen LogP contribution in [0.25, 0.3) is 6.08 Å². The van der Waals surface area contributed by atoms with Crippen LogP contribution in [0.1, 0.15) is 89.2 Å². The summed E-state index contributed by atoms with van der Waals surface area (Å²) in [6, 6.07) is 3.67. The molecule has 5 heteroatoms. The fourth-order valence-corrected chi connectivity index (χ4v) is 5.98. The molecule has 3 aliphatic rings. The van der Waals surface area contributed by atoms with Gasteiger partial charge in [-0.25, -0.2) is 0 Å². The molecular formula is C27H38O5. The van der Waals surface area contributed by atoms with E-state index in [9.17, 15) is 15.0 Å². The number of aromatic hydroxyl groups is 1. The monoisotopic (exact) mass is 442 g/mol. The van der Waals surface area contributed by atoms with Crippen molar-refractivity contribution in [3.8, 4) is 11.5 Å². The lowest BCUT2D eigenvalue weighted by Gasteiger charge is -2.42. The van der Waals surface area contributed by atoms with Crippen molar-refractivity contribution in [1.29, 1.82) is 0 Å². The Bertz CT molecular complexity index is 847. The van der Waals surface area contributed by atoms with E-state index in [1.54, 1.807) is 6.07 Å². The van der Waals surface area contributed by atoms with Gasteiger partial charge in [0.2, 0.25) is 0 Å². The summed E-state index contributed by atoms with van der Waals surface area (Å²) in [5.41, 5.74) is 1.39. The number of fused-ring (bicyclic) bond motifs is 2. The highest BCUT2D eigenvalue weighted by Gasteiger charge is 2.42. The van der Waals surface area contributed by atoms with Crippen LogP contribution in [-0.2, 0) is 16.0 Å². The van der Waals surface area contributed by atoms with Crippen molar-refractivity contribution in [2.24, 2.45) is 11.8 Å². The van der Waals surface area contributed by atoms with E-state index >= 15 is 0 Å². The first-order chi connectivity index (χ1) is 15.4. The molecule has 1 aliphatic heterocycles. The van der Waals surface area contributed by atoms with Gasteiger partial charge in [-0.3, -0.25) is 4.79 Å². The van der Waals surface area contributed by atoms with Crippen LogP contribution in [-0.4, -0.2) is 34.0 Å². The molecule has 0 amide bonds. The van der Waals surface area contributed by atoms with Gasteiger partial charge >= 0.3 is 5.97 Å². The molecule has 0 radical (unpaired) electrons. The first-order valence-electron chi connectivity index (χ1n) is 12.5. The van der Waals surface area contributed by atoms with Crippen LogP contribution in [0.4, 0.5) is 0 Å². The molecule has 5 atom stereocenters. The van der Waals surface area contributed by atoms with Crippen LogP contribution < -0.4 is 4.74 Å². The minimum absolute atomic E-state index is 0.134. The Balaban J connectivity index is 1.52. The summed E-state index contributed by atoms with van der Waals surface area (Å²) < 4.78 is 12.1. The van der Waals surface area contributed by atoms with Gasteiger partial charge in [0.25, 0.3) is 0 Å². The Kier molecular flexibility index (Phi) is 7.14. The molecule has 1 heterocycles. The Hall–Kier alpha value is -2.01. The molecule has 2 aliphatic carbocycles. The van der Waals surface area contributed by atoms with Crippen molar-refractivity contribution in [2.45, 2.75) is 102 Å². The van der Waals surface area contributed by atoms with E-state index in [2.05, 4.69) is 19.1 Å². The van der Waals surface area contributed by atoms with Crippen molar-refractivity contribution in [3.05, 3.63) is 29.3 Å². The second-order valence-electron chi connectivity index (χ2n) is 10.1. The van der Waals surface area contributed by atoms with Crippen molar-refractivity contribution < 1.29 is 24.5 Å². The number of rotatable bonds is 7. The Labute approximate surface area is 191 Å². The molecule has 0 bridgehead atoms. The number of aliphatic hydroxyl groups is 1. The summed E-state index contributed by atoms with van der Waals surface area (Å²) in [5, 5.41) is 21.3. The Morgan fingerprint density at radius 3 is 2.88 bits per heavy atom. The van der Waals surface area contributed by atoms with Crippen LogP contribution in [0.5, 0.6) is 11.5 Å². The molecule has 1 aromatic carbocycles. The van der Waals surface area contributed by atoms with E-state index in [1.807, 2.05) is 6.07 Å². The second-order valence-corrected chi connectivity index (χ2v) is 10.1. The fraction of sp³-hybridized carbons (Fsp3) is 0.667. The van der Waals surface area contributed by atoms with E-state index in [1.165, 1.54) is 6.92 Å². The topological polar surface area (TPSA) is 76.0 Å². The molecule has 2 fully saturated rings. The summed E-state index contributed by atoms with van der Waals surface area (Å²) in [4.78, 5) is 12.0. The van der Waals surface area contributed by atoms with Crippen LogP contribution in [0.3, 0.4) is 0 Å². The van der Waals surface area contributed by atoms with Crippen LogP contribution in [0, 0.1) is 11.8 Å². The van der Waals surface area contributed by atoms with E-state index in [-0.39, 0.29) is 17.8 Å². The minimum Gasteiger partial charge on any atom is -0.504 e. The third-order valence-electron chi connectivity index (χ3n) is 7.78. The summed E-state index contributed by atoms with van der Waals surface area (Å²) in [6.45, 7) is 3.63. The lowest BCUT2D eigenvalue weighted by molar-refractivity contribution is -0.168. The zero-order chi connectivity index (χ0) is 22.7. The number of phenols is 1. The predicted molar refractivity (Wildman–Crippen MR) is 125 cm³/mol. The van der Waals surface area contributed by atoms with Crippen molar-refractivity contribution in [3.63, 3.8) is 0 Å². The van der Waals surface area contributed by atoms with Gasteiger partial charge in [-0.15, -0.1) is 0 Å². The predicted octanol–water partition coefficient (Wildman–Crippen LogP) is 5.55. The van der Waals surface area contributed by atoms with Gasteiger partial charge in [-0.2, -0.15) is 0 Å². The van der Waals surface area contributed by atoms with Crippen LogP contribution >= 0.6 is 0 Å². The minimum atomic E-state index is -0.634. The van der Waals surface area contributed by atoms with Gasteiger partial charge in [0.05, 0.1) is 6.10 Å². The summed E-state index contributed by atoms with van der Waals surface area (Å²) in [6.07, 6.45) is 14.1. The van der Waals surface area contributed by atoms with E-state index in [4.69, 9.17) is 9.47 Å². The maximum atomic E-state index is 12.0. The summed E-state index contributed by atoms with van der Waals surface area (Å²) >= 11 is 0. The number of unbranched alkanes of at least 4 members (excludes halogenated alkanes) is 1. The zero-order valence-electron chi connectivity index (χ0n) is 19.5. The first-order valence-corrected chi connectivity index (χ1v) is 12.5. The number of carbonyl (C=O) groups excluding carboxylic acids is 1. The van der Waals surface area contributed by atoms with Gasteiger partial charge in [0.15, 0.2) is 11.5 Å². The summed E-state index contributed by atoms with van der Waals surface area (Å²) in [5.74, 6) is 1.17.